The minimum Gasteiger partial charge on any atom is -0.481 e. The molecule has 124 valence electrons. The highest BCUT2D eigenvalue weighted by molar-refractivity contribution is 5.90. The third-order valence-corrected chi connectivity index (χ3v) is 4.87. The second-order valence-electron chi connectivity index (χ2n) is 6.17. The molecular formula is C20H23N3O. The molecule has 0 bridgehead atoms. The average molecular weight is 321 g/mol. The summed E-state index contributed by atoms with van der Waals surface area (Å²) in [7, 11) is 0. The monoisotopic (exact) mass is 321 g/mol. The van der Waals surface area contributed by atoms with Crippen molar-refractivity contribution in [1.29, 1.82) is 0 Å². The molecule has 4 nitrogen and oxygen atoms in total. The Hall–Kier alpha value is -2.49. The van der Waals surface area contributed by atoms with E-state index in [1.165, 1.54) is 11.3 Å². The lowest BCUT2D eigenvalue weighted by atomic mass is 9.89. The Kier molecular flexibility index (Phi) is 3.89. The average Bonchev–Trinajstić information content (AvgIpc) is 2.98. The van der Waals surface area contributed by atoms with Crippen molar-refractivity contribution in [2.24, 2.45) is 4.99 Å². The van der Waals surface area contributed by atoms with E-state index in [4.69, 9.17) is 9.73 Å². The number of nitrogens with one attached hydrogen (secondary N) is 1. The third-order valence-electron chi connectivity index (χ3n) is 4.87. The molecule has 0 amide bonds. The van der Waals surface area contributed by atoms with Gasteiger partial charge in [-0.25, -0.2) is 4.99 Å². The van der Waals surface area contributed by atoms with E-state index in [-0.39, 0.29) is 18.1 Å². The van der Waals surface area contributed by atoms with Crippen molar-refractivity contribution < 1.29 is 4.74 Å². The second-order valence-corrected chi connectivity index (χ2v) is 6.17. The summed E-state index contributed by atoms with van der Waals surface area (Å²) in [5, 5.41) is 3.60. The summed E-state index contributed by atoms with van der Waals surface area (Å²) in [4.78, 5) is 7.36. The van der Waals surface area contributed by atoms with Crippen molar-refractivity contribution in [2.45, 2.75) is 32.0 Å². The van der Waals surface area contributed by atoms with Gasteiger partial charge >= 0.3 is 0 Å². The van der Waals surface area contributed by atoms with Gasteiger partial charge in [0.05, 0.1) is 29.9 Å². The van der Waals surface area contributed by atoms with Crippen molar-refractivity contribution in [3.8, 4) is 0 Å². The Bertz CT molecular complexity index is 744. The van der Waals surface area contributed by atoms with Crippen LogP contribution in [0.2, 0.25) is 0 Å². The number of fused-ring (bicyclic) bond motifs is 2. The molecule has 3 atom stereocenters. The van der Waals surface area contributed by atoms with Gasteiger partial charge in [-0.2, -0.15) is 0 Å². The summed E-state index contributed by atoms with van der Waals surface area (Å²) in [5.74, 6) is 0.995. The van der Waals surface area contributed by atoms with Gasteiger partial charge in [-0.15, -0.1) is 0 Å². The van der Waals surface area contributed by atoms with E-state index in [1.807, 2.05) is 6.92 Å². The van der Waals surface area contributed by atoms with E-state index in [0.717, 1.165) is 18.1 Å². The predicted molar refractivity (Wildman–Crippen MR) is 98.9 cm³/mol. The van der Waals surface area contributed by atoms with Gasteiger partial charge in [0.15, 0.2) is 5.90 Å². The maximum absolute atomic E-state index is 5.94. The van der Waals surface area contributed by atoms with Crippen LogP contribution in [-0.2, 0) is 4.74 Å². The molecule has 1 N–H and O–H groups in total. The fraction of sp³-hybridized carbons (Fsp3) is 0.350. The lowest BCUT2D eigenvalue weighted by molar-refractivity contribution is 0.313. The number of likely N-dealkylation sites (N-methyl/N-ethyl adjacent to an activating group) is 1. The van der Waals surface area contributed by atoms with E-state index in [0.29, 0.717) is 6.61 Å². The molecule has 0 radical (unpaired) electrons. The number of anilines is 2. The number of aliphatic imine (C=N–C) groups is 1. The van der Waals surface area contributed by atoms with Gasteiger partial charge in [0, 0.05) is 6.54 Å². The van der Waals surface area contributed by atoms with Crippen LogP contribution in [0.15, 0.2) is 59.6 Å². The first kappa shape index (κ1) is 15.1. The highest BCUT2D eigenvalue weighted by atomic mass is 16.5. The minimum atomic E-state index is 0.0200. The van der Waals surface area contributed by atoms with Crippen LogP contribution in [-0.4, -0.2) is 31.3 Å². The largest absolute Gasteiger partial charge is 0.481 e. The molecule has 0 saturated carbocycles. The Morgan fingerprint density at radius 1 is 1.04 bits per heavy atom. The number of hydrogen-bond donors (Lipinski definition) is 1. The van der Waals surface area contributed by atoms with Crippen LogP contribution in [0.1, 0.15) is 25.3 Å². The lowest BCUT2D eigenvalue weighted by Gasteiger charge is -2.42. The maximum Gasteiger partial charge on any atom is 0.195 e. The molecule has 2 heterocycles. The SMILES string of the molecule is CCOC1=NC2Nc3ccccc3N(CC)C2C1c1ccccc1. The van der Waals surface area contributed by atoms with E-state index < -0.39 is 0 Å². The highest BCUT2D eigenvalue weighted by Gasteiger charge is 2.47. The number of para-hydroxylation sites is 2. The molecule has 0 spiro atoms. The zero-order chi connectivity index (χ0) is 16.5. The van der Waals surface area contributed by atoms with Crippen LogP contribution in [0.4, 0.5) is 11.4 Å². The zero-order valence-electron chi connectivity index (χ0n) is 14.1. The van der Waals surface area contributed by atoms with Crippen molar-refractivity contribution >= 4 is 17.3 Å². The first-order chi connectivity index (χ1) is 11.8. The maximum atomic E-state index is 5.94. The van der Waals surface area contributed by atoms with Crippen LogP contribution < -0.4 is 10.2 Å². The summed E-state index contributed by atoms with van der Waals surface area (Å²) in [5.41, 5.74) is 3.65. The van der Waals surface area contributed by atoms with Gasteiger partial charge in [0.1, 0.15) is 6.17 Å². The van der Waals surface area contributed by atoms with Gasteiger partial charge in [-0.05, 0) is 31.5 Å². The number of hydrogen-bond acceptors (Lipinski definition) is 4. The molecule has 0 fully saturated rings. The molecule has 0 aromatic heterocycles. The molecule has 2 aromatic carbocycles. The number of nitrogens with zero attached hydrogens (tertiary/aromatic N) is 2. The molecule has 2 aliphatic heterocycles. The number of ether oxygens (including phenoxy) is 1. The molecule has 3 unspecified atom stereocenters. The van der Waals surface area contributed by atoms with E-state index in [9.17, 15) is 0 Å². The highest BCUT2D eigenvalue weighted by Crippen LogP contribution is 2.43. The summed E-state index contributed by atoms with van der Waals surface area (Å²) >= 11 is 0. The Labute approximate surface area is 143 Å². The van der Waals surface area contributed by atoms with Crippen LogP contribution in [0, 0.1) is 0 Å². The van der Waals surface area contributed by atoms with E-state index >= 15 is 0 Å². The van der Waals surface area contributed by atoms with E-state index in [1.54, 1.807) is 0 Å². The Morgan fingerprint density at radius 3 is 2.54 bits per heavy atom. The lowest BCUT2D eigenvalue weighted by Crippen LogP contribution is -2.51. The van der Waals surface area contributed by atoms with Crippen LogP contribution in [0.3, 0.4) is 0 Å². The Balaban J connectivity index is 1.80. The van der Waals surface area contributed by atoms with Crippen molar-refractivity contribution in [2.75, 3.05) is 23.4 Å². The fourth-order valence-corrected chi connectivity index (χ4v) is 3.91. The van der Waals surface area contributed by atoms with Crippen LogP contribution in [0.25, 0.3) is 0 Å². The van der Waals surface area contributed by atoms with E-state index in [2.05, 4.69) is 71.7 Å². The fourth-order valence-electron chi connectivity index (χ4n) is 3.91. The molecular weight excluding hydrogens is 298 g/mol. The Morgan fingerprint density at radius 2 is 1.79 bits per heavy atom. The van der Waals surface area contributed by atoms with Gasteiger partial charge < -0.3 is 15.0 Å². The van der Waals surface area contributed by atoms with Crippen molar-refractivity contribution in [1.82, 2.24) is 0 Å². The molecule has 24 heavy (non-hydrogen) atoms. The van der Waals surface area contributed by atoms with Crippen molar-refractivity contribution in [3.05, 3.63) is 60.2 Å². The molecule has 2 aromatic rings. The summed E-state index contributed by atoms with van der Waals surface area (Å²) in [6.45, 7) is 5.81. The first-order valence-corrected chi connectivity index (χ1v) is 8.71. The normalized spacial score (nSPS) is 24.7. The minimum absolute atomic E-state index is 0.0200. The number of benzene rings is 2. The number of rotatable bonds is 3. The van der Waals surface area contributed by atoms with Crippen LogP contribution >= 0.6 is 0 Å². The third kappa shape index (κ3) is 2.33. The molecule has 4 rings (SSSR count). The smallest absolute Gasteiger partial charge is 0.195 e. The second kappa shape index (κ2) is 6.19. The quantitative estimate of drug-likeness (QED) is 0.932. The zero-order valence-corrected chi connectivity index (χ0v) is 14.1. The van der Waals surface area contributed by atoms with Gasteiger partial charge in [0.2, 0.25) is 0 Å². The first-order valence-electron chi connectivity index (χ1n) is 8.71. The molecule has 0 aliphatic carbocycles. The van der Waals surface area contributed by atoms with Gasteiger partial charge in [-0.3, -0.25) is 0 Å². The molecule has 0 saturated heterocycles. The summed E-state index contributed by atoms with van der Waals surface area (Å²) in [6.07, 6.45) is 0.0200. The standard InChI is InChI=1S/C20H23N3O/c1-3-23-16-13-9-8-12-15(16)21-19-18(23)17(20(22-19)24-4-2)14-10-6-5-7-11-14/h5-13,17-19,21H,3-4H2,1-2H3. The van der Waals surface area contributed by atoms with Crippen molar-refractivity contribution in [3.63, 3.8) is 0 Å². The molecule has 2 aliphatic rings. The molecule has 4 heteroatoms. The van der Waals surface area contributed by atoms with Gasteiger partial charge in [0.25, 0.3) is 0 Å². The van der Waals surface area contributed by atoms with Gasteiger partial charge in [-0.1, -0.05) is 42.5 Å². The summed E-state index contributed by atoms with van der Waals surface area (Å²) < 4.78 is 5.94. The predicted octanol–water partition coefficient (Wildman–Crippen LogP) is 3.87. The van der Waals surface area contributed by atoms with Crippen LogP contribution in [0.5, 0.6) is 0 Å². The topological polar surface area (TPSA) is 36.9 Å². The summed E-state index contributed by atoms with van der Waals surface area (Å²) in [6, 6.07) is 19.3.